The van der Waals surface area contributed by atoms with Gasteiger partial charge in [0.2, 0.25) is 0 Å². The highest BCUT2D eigenvalue weighted by molar-refractivity contribution is 7.17. The maximum Gasteiger partial charge on any atom is 0.263 e. The highest BCUT2D eigenvalue weighted by atomic mass is 35.5. The number of carbonyl (C=O) groups excluding carboxylic acids is 1. The van der Waals surface area contributed by atoms with E-state index in [-0.39, 0.29) is 11.9 Å². The van der Waals surface area contributed by atoms with Crippen molar-refractivity contribution < 1.29 is 4.79 Å². The van der Waals surface area contributed by atoms with Crippen LogP contribution in [0.2, 0.25) is 10.0 Å². The third-order valence-corrected chi connectivity index (χ3v) is 5.20. The van der Waals surface area contributed by atoms with Gasteiger partial charge in [-0.1, -0.05) is 29.3 Å². The largest absolute Gasteiger partial charge is 0.337 e. The molecule has 1 amide bonds. The minimum absolute atomic E-state index is 0.00743. The van der Waals surface area contributed by atoms with Crippen molar-refractivity contribution in [3.05, 3.63) is 45.3 Å². The predicted molar refractivity (Wildman–Crippen MR) is 90.4 cm³/mol. The lowest BCUT2D eigenvalue weighted by Gasteiger charge is -2.22. The van der Waals surface area contributed by atoms with Gasteiger partial charge in [0.15, 0.2) is 0 Å². The Hall–Kier alpha value is -1.07. The van der Waals surface area contributed by atoms with Crippen LogP contribution >= 0.6 is 34.5 Å². The minimum atomic E-state index is -0.0238. The lowest BCUT2D eigenvalue weighted by Crippen LogP contribution is -2.39. The van der Waals surface area contributed by atoms with Crippen LogP contribution in [0.4, 0.5) is 0 Å². The standard InChI is InChI=1S/C15H16Cl2N2OS/c1-9(8-18)19(2)15(20)14-6-5-13(21-14)10-3-4-11(16)12(17)7-10/h3-7,9H,8,18H2,1-2H3. The van der Waals surface area contributed by atoms with E-state index in [9.17, 15) is 4.79 Å². The Morgan fingerprint density at radius 1 is 1.29 bits per heavy atom. The molecule has 0 bridgehead atoms. The number of nitrogens with two attached hydrogens (primary N) is 1. The second kappa shape index (κ2) is 6.79. The molecule has 1 unspecified atom stereocenters. The van der Waals surface area contributed by atoms with Crippen LogP contribution in [0.25, 0.3) is 10.4 Å². The average Bonchev–Trinajstić information content (AvgIpc) is 2.97. The van der Waals surface area contributed by atoms with Gasteiger partial charge in [0.05, 0.1) is 14.9 Å². The lowest BCUT2D eigenvalue weighted by molar-refractivity contribution is 0.0753. The number of nitrogens with zero attached hydrogens (tertiary/aromatic N) is 1. The van der Waals surface area contributed by atoms with Crippen LogP contribution < -0.4 is 5.73 Å². The van der Waals surface area contributed by atoms with E-state index >= 15 is 0 Å². The Morgan fingerprint density at radius 3 is 2.62 bits per heavy atom. The van der Waals surface area contributed by atoms with Crippen LogP contribution in [0.3, 0.4) is 0 Å². The zero-order chi connectivity index (χ0) is 15.6. The Labute approximate surface area is 138 Å². The van der Waals surface area contributed by atoms with E-state index in [4.69, 9.17) is 28.9 Å². The first-order valence-corrected chi connectivity index (χ1v) is 8.03. The van der Waals surface area contributed by atoms with Crippen LogP contribution in [0.5, 0.6) is 0 Å². The molecule has 2 aromatic rings. The van der Waals surface area contributed by atoms with Crippen LogP contribution in [0, 0.1) is 0 Å². The summed E-state index contributed by atoms with van der Waals surface area (Å²) in [5.74, 6) is -0.0238. The number of likely N-dealkylation sites (N-methyl/N-ethyl adjacent to an activating group) is 1. The molecule has 3 nitrogen and oxygen atoms in total. The predicted octanol–water partition coefficient (Wildman–Crippen LogP) is 4.14. The van der Waals surface area contributed by atoms with Crippen LogP contribution in [-0.2, 0) is 0 Å². The number of benzene rings is 1. The summed E-state index contributed by atoms with van der Waals surface area (Å²) in [6, 6.07) is 9.19. The Morgan fingerprint density at radius 2 is 2.00 bits per heavy atom. The van der Waals surface area contributed by atoms with E-state index in [2.05, 4.69) is 0 Å². The van der Waals surface area contributed by atoms with Gasteiger partial charge in [-0.25, -0.2) is 0 Å². The molecule has 1 aromatic carbocycles. The maximum atomic E-state index is 12.3. The van der Waals surface area contributed by atoms with Crippen LogP contribution in [0.1, 0.15) is 16.6 Å². The molecule has 0 aliphatic heterocycles. The fraction of sp³-hybridized carbons (Fsp3) is 0.267. The van der Waals surface area contributed by atoms with Crippen molar-refractivity contribution in [2.75, 3.05) is 13.6 Å². The van der Waals surface area contributed by atoms with Crippen molar-refractivity contribution in [2.24, 2.45) is 5.73 Å². The van der Waals surface area contributed by atoms with E-state index in [1.807, 2.05) is 25.1 Å². The summed E-state index contributed by atoms with van der Waals surface area (Å²) in [5.41, 5.74) is 6.55. The smallest absolute Gasteiger partial charge is 0.263 e. The molecule has 6 heteroatoms. The first-order chi connectivity index (χ1) is 9.93. The van der Waals surface area contributed by atoms with Gasteiger partial charge >= 0.3 is 0 Å². The van der Waals surface area contributed by atoms with Crippen molar-refractivity contribution in [1.82, 2.24) is 4.90 Å². The van der Waals surface area contributed by atoms with E-state index in [1.165, 1.54) is 11.3 Å². The van der Waals surface area contributed by atoms with Gasteiger partial charge in [0, 0.05) is 24.5 Å². The molecule has 0 spiro atoms. The molecule has 0 aliphatic carbocycles. The van der Waals surface area contributed by atoms with Gasteiger partial charge in [-0.15, -0.1) is 11.3 Å². The van der Waals surface area contributed by atoms with Crippen molar-refractivity contribution in [1.29, 1.82) is 0 Å². The van der Waals surface area contributed by atoms with Crippen molar-refractivity contribution in [3.63, 3.8) is 0 Å². The molecule has 0 fully saturated rings. The SMILES string of the molecule is CC(CN)N(C)C(=O)c1ccc(-c2ccc(Cl)c(Cl)c2)s1. The molecule has 1 aromatic heterocycles. The van der Waals surface area contributed by atoms with Crippen LogP contribution in [-0.4, -0.2) is 30.4 Å². The van der Waals surface area contributed by atoms with Crippen molar-refractivity contribution >= 4 is 40.4 Å². The summed E-state index contributed by atoms with van der Waals surface area (Å²) < 4.78 is 0. The minimum Gasteiger partial charge on any atom is -0.337 e. The molecule has 0 saturated heterocycles. The van der Waals surface area contributed by atoms with Gasteiger partial charge in [-0.05, 0) is 36.8 Å². The molecule has 1 atom stereocenters. The maximum absolute atomic E-state index is 12.3. The molecule has 21 heavy (non-hydrogen) atoms. The summed E-state index contributed by atoms with van der Waals surface area (Å²) in [5, 5.41) is 1.02. The first-order valence-electron chi connectivity index (χ1n) is 6.46. The Balaban J connectivity index is 2.25. The highest BCUT2D eigenvalue weighted by Crippen LogP contribution is 2.33. The summed E-state index contributed by atoms with van der Waals surface area (Å²) in [7, 11) is 1.76. The molecular weight excluding hydrogens is 327 g/mol. The van der Waals surface area contributed by atoms with Crippen LogP contribution in [0.15, 0.2) is 30.3 Å². The van der Waals surface area contributed by atoms with E-state index in [0.717, 1.165) is 10.4 Å². The molecule has 0 saturated carbocycles. The van der Waals surface area contributed by atoms with Gasteiger partial charge in [0.1, 0.15) is 0 Å². The van der Waals surface area contributed by atoms with E-state index < -0.39 is 0 Å². The Kier molecular flexibility index (Phi) is 5.27. The normalized spacial score (nSPS) is 12.2. The van der Waals surface area contributed by atoms with Gasteiger partial charge < -0.3 is 10.6 Å². The highest BCUT2D eigenvalue weighted by Gasteiger charge is 2.18. The van der Waals surface area contributed by atoms with Crippen molar-refractivity contribution in [3.8, 4) is 10.4 Å². The summed E-state index contributed by atoms with van der Waals surface area (Å²) in [4.78, 5) is 15.7. The Bertz CT molecular complexity index is 657. The van der Waals surface area contributed by atoms with Gasteiger partial charge in [0.25, 0.3) is 5.91 Å². The number of halogens is 2. The van der Waals surface area contributed by atoms with E-state index in [0.29, 0.717) is 21.5 Å². The molecule has 112 valence electrons. The zero-order valence-corrected chi connectivity index (χ0v) is 14.1. The fourth-order valence-corrected chi connectivity index (χ4v) is 3.07. The monoisotopic (exact) mass is 342 g/mol. The second-order valence-electron chi connectivity index (χ2n) is 4.79. The van der Waals surface area contributed by atoms with Gasteiger partial charge in [-0.2, -0.15) is 0 Å². The van der Waals surface area contributed by atoms with Crippen molar-refractivity contribution in [2.45, 2.75) is 13.0 Å². The topological polar surface area (TPSA) is 46.3 Å². The fourth-order valence-electron chi connectivity index (χ4n) is 1.79. The lowest BCUT2D eigenvalue weighted by atomic mass is 10.2. The molecule has 2 rings (SSSR count). The quantitative estimate of drug-likeness (QED) is 0.907. The molecule has 0 radical (unpaired) electrons. The summed E-state index contributed by atoms with van der Waals surface area (Å²) in [6.45, 7) is 2.36. The third-order valence-electron chi connectivity index (χ3n) is 3.34. The summed E-state index contributed by atoms with van der Waals surface area (Å²) in [6.07, 6.45) is 0. The average molecular weight is 343 g/mol. The third kappa shape index (κ3) is 3.58. The number of hydrogen-bond donors (Lipinski definition) is 1. The zero-order valence-electron chi connectivity index (χ0n) is 11.8. The molecule has 0 aliphatic rings. The number of thiophene rings is 1. The molecule has 2 N–H and O–H groups in total. The first kappa shape index (κ1) is 16.3. The summed E-state index contributed by atoms with van der Waals surface area (Å²) >= 11 is 13.4. The number of carbonyl (C=O) groups is 1. The number of amides is 1. The second-order valence-corrected chi connectivity index (χ2v) is 6.69. The molecular formula is C15H16Cl2N2OS. The number of rotatable bonds is 4. The molecule has 1 heterocycles. The van der Waals surface area contributed by atoms with Gasteiger partial charge in [-0.3, -0.25) is 4.79 Å². The number of hydrogen-bond acceptors (Lipinski definition) is 3. The van der Waals surface area contributed by atoms with E-state index in [1.54, 1.807) is 24.1 Å².